The molecule has 2 aromatic carbocycles. The van der Waals surface area contributed by atoms with E-state index in [0.29, 0.717) is 37.8 Å². The fourth-order valence-electron chi connectivity index (χ4n) is 6.32. The molecule has 0 aromatic heterocycles. The Kier molecular flexibility index (Phi) is 16.4. The molecule has 2 fully saturated rings. The number of ether oxygens (including phenoxy) is 4. The molecule has 15 heteroatoms. The maximum atomic E-state index is 12.6. The molecule has 0 radical (unpaired) electrons. The zero-order valence-electron chi connectivity index (χ0n) is 34.0. The number of likely N-dealkylation sites (tertiary alicyclic amines) is 2. The molecule has 5 atom stereocenters. The third-order valence-corrected chi connectivity index (χ3v) is 10.3. The lowest BCUT2D eigenvalue weighted by Gasteiger charge is -2.28. The number of oxime groups is 2. The molecule has 2 saturated heterocycles. The maximum absolute atomic E-state index is 12.6. The fraction of sp³-hybridized carbons (Fsp3) is 0.600. The van der Waals surface area contributed by atoms with E-state index in [1.54, 1.807) is 14.2 Å². The first-order valence-corrected chi connectivity index (χ1v) is 20.0. The number of halogens is 2. The van der Waals surface area contributed by atoms with E-state index >= 15 is 0 Å². The smallest absolute Gasteiger partial charge is 0.410 e. The van der Waals surface area contributed by atoms with Crippen LogP contribution in [0.1, 0.15) is 98.8 Å². The number of rotatable bonds is 6. The lowest BCUT2D eigenvalue weighted by Crippen LogP contribution is -2.46. The van der Waals surface area contributed by atoms with Crippen molar-refractivity contribution in [3.63, 3.8) is 0 Å². The average Bonchev–Trinajstić information content (AvgIpc) is 3.86. The third kappa shape index (κ3) is 13.6. The predicted octanol–water partition coefficient (Wildman–Crippen LogP) is 9.20. The van der Waals surface area contributed by atoms with Crippen molar-refractivity contribution in [2.24, 2.45) is 27.9 Å². The summed E-state index contributed by atoms with van der Waals surface area (Å²) in [5.41, 5.74) is 7.57. The summed E-state index contributed by atoms with van der Waals surface area (Å²) in [6, 6.07) is 15.5. The average molecular weight is 898 g/mol. The van der Waals surface area contributed by atoms with Gasteiger partial charge >= 0.3 is 12.2 Å². The van der Waals surface area contributed by atoms with Crippen LogP contribution < -0.4 is 5.73 Å². The topological polar surface area (TPSA) is 158 Å². The minimum atomic E-state index is -0.652. The maximum Gasteiger partial charge on any atom is 0.410 e. The van der Waals surface area contributed by atoms with Crippen LogP contribution in [0.5, 0.6) is 0 Å². The lowest BCUT2D eigenvalue weighted by molar-refractivity contribution is -0.201. The standard InChI is InChI=1S/C19H25BrN2O3.C11H21N3O3.C10H13BrO2/c1-12-9-16(22(11-12)18(23)24-19(2,3)4)15-10-17(25-21-15)13-5-7-14(20)8-6-13;1-7-5-8(9(12)13-16)14(6-7)10(15)17-11(2,3)4;1-10(12-2,13-3)8-4-6-9(11)7-5-8/h5-8,12,16-17H,9-11H2,1-4H3;7-8,16H,5-6H2,1-4H3,(H2,12,13);4-7H,1-3H3/t12-,16+,17?;7-,8+;/m11./s1. The predicted molar refractivity (Wildman–Crippen MR) is 220 cm³/mol. The highest BCUT2D eigenvalue weighted by Gasteiger charge is 2.42. The summed E-state index contributed by atoms with van der Waals surface area (Å²) in [7, 11) is 3.26. The van der Waals surface area contributed by atoms with Gasteiger partial charge in [0, 0.05) is 48.2 Å². The molecule has 13 nitrogen and oxygen atoms in total. The molecular formula is C40H59Br2N5O8. The first-order chi connectivity index (χ1) is 25.6. The van der Waals surface area contributed by atoms with E-state index in [9.17, 15) is 9.59 Å². The van der Waals surface area contributed by atoms with E-state index in [1.165, 1.54) is 4.90 Å². The van der Waals surface area contributed by atoms with Gasteiger partial charge in [-0.3, -0.25) is 9.80 Å². The summed E-state index contributed by atoms with van der Waals surface area (Å²) < 4.78 is 23.5. The highest BCUT2D eigenvalue weighted by molar-refractivity contribution is 9.10. The van der Waals surface area contributed by atoms with Gasteiger partial charge in [0.2, 0.25) is 0 Å². The minimum Gasteiger partial charge on any atom is -0.444 e. The van der Waals surface area contributed by atoms with Crippen LogP contribution in [0.4, 0.5) is 9.59 Å². The number of carbonyl (C=O) groups is 2. The Labute approximate surface area is 343 Å². The number of carbonyl (C=O) groups excluding carboxylic acids is 2. The van der Waals surface area contributed by atoms with Gasteiger partial charge in [-0.1, -0.05) is 80.3 Å². The molecule has 0 saturated carbocycles. The minimum absolute atomic E-state index is 0.0368. The number of hydrogen-bond donors (Lipinski definition) is 2. The molecule has 0 bridgehead atoms. The first kappa shape index (κ1) is 46.0. The van der Waals surface area contributed by atoms with Crippen LogP contribution in [-0.2, 0) is 29.6 Å². The van der Waals surface area contributed by atoms with Gasteiger partial charge in [0.05, 0.1) is 17.8 Å². The second-order valence-electron chi connectivity index (χ2n) is 16.3. The quantitative estimate of drug-likeness (QED) is 0.0949. The summed E-state index contributed by atoms with van der Waals surface area (Å²) in [6.45, 7) is 18.4. The number of hydrogen-bond acceptors (Lipinski definition) is 10. The van der Waals surface area contributed by atoms with Crippen molar-refractivity contribution in [1.29, 1.82) is 0 Å². The van der Waals surface area contributed by atoms with Crippen molar-refractivity contribution >= 4 is 55.6 Å². The van der Waals surface area contributed by atoms with Gasteiger partial charge in [-0.25, -0.2) is 9.59 Å². The molecule has 2 amide bonds. The van der Waals surface area contributed by atoms with E-state index in [4.69, 9.17) is 34.7 Å². The molecule has 1 unspecified atom stereocenters. The van der Waals surface area contributed by atoms with Crippen molar-refractivity contribution in [2.75, 3.05) is 27.3 Å². The molecular weight excluding hydrogens is 838 g/mol. The molecule has 55 heavy (non-hydrogen) atoms. The van der Waals surface area contributed by atoms with Crippen LogP contribution in [0.25, 0.3) is 0 Å². The fourth-order valence-corrected chi connectivity index (χ4v) is 6.85. The molecule has 3 heterocycles. The summed E-state index contributed by atoms with van der Waals surface area (Å²) in [5.74, 6) is 0.140. The molecule has 3 aliphatic heterocycles. The summed E-state index contributed by atoms with van der Waals surface area (Å²) >= 11 is 6.82. The van der Waals surface area contributed by atoms with Gasteiger partial charge in [0.25, 0.3) is 0 Å². The van der Waals surface area contributed by atoms with E-state index in [0.717, 1.165) is 32.2 Å². The molecule has 0 aliphatic carbocycles. The largest absolute Gasteiger partial charge is 0.444 e. The Hall–Kier alpha value is -3.40. The lowest BCUT2D eigenvalue weighted by atomic mass is 9.98. The zero-order valence-corrected chi connectivity index (χ0v) is 37.1. The van der Waals surface area contributed by atoms with Crippen LogP contribution in [0.15, 0.2) is 67.8 Å². The zero-order chi connectivity index (χ0) is 41.3. The van der Waals surface area contributed by atoms with E-state index in [2.05, 4.69) is 49.1 Å². The number of amides is 2. The van der Waals surface area contributed by atoms with Crippen LogP contribution in [0.2, 0.25) is 0 Å². The third-order valence-electron chi connectivity index (χ3n) is 9.20. The molecule has 3 aliphatic rings. The van der Waals surface area contributed by atoms with E-state index in [1.807, 2.05) is 109 Å². The number of nitrogens with two attached hydrogens (primary N) is 1. The Morgan fingerprint density at radius 2 is 1.29 bits per heavy atom. The molecule has 5 rings (SSSR count). The van der Waals surface area contributed by atoms with Crippen LogP contribution in [0.3, 0.4) is 0 Å². The van der Waals surface area contributed by atoms with Gasteiger partial charge in [-0.2, -0.15) is 0 Å². The SMILES string of the molecule is COC(C)(OC)c1ccc(Br)cc1.C[C@@H]1C[C@@H](/C(N)=N/O)N(C(=O)OC(C)(C)C)C1.C[C@@H]1C[C@@H](C2=NOC(c3ccc(Br)cc3)C2)N(C(=O)OC(C)(C)C)C1. The highest BCUT2D eigenvalue weighted by atomic mass is 79.9. The molecule has 2 aromatic rings. The molecule has 3 N–H and O–H groups in total. The van der Waals surface area contributed by atoms with Gasteiger partial charge in [0.15, 0.2) is 17.7 Å². The van der Waals surface area contributed by atoms with Crippen molar-refractivity contribution < 1.29 is 38.6 Å². The van der Waals surface area contributed by atoms with Crippen molar-refractivity contribution in [3.8, 4) is 0 Å². The number of methoxy groups -OCH3 is 2. The highest BCUT2D eigenvalue weighted by Crippen LogP contribution is 2.35. The Bertz CT molecular complexity index is 1620. The van der Waals surface area contributed by atoms with Crippen LogP contribution in [-0.4, -0.2) is 89.3 Å². The summed E-state index contributed by atoms with van der Waals surface area (Å²) in [4.78, 5) is 33.5. The van der Waals surface area contributed by atoms with Crippen LogP contribution in [0, 0.1) is 11.8 Å². The van der Waals surface area contributed by atoms with Gasteiger partial charge < -0.3 is 34.7 Å². The summed E-state index contributed by atoms with van der Waals surface area (Å²) in [6.07, 6.45) is 1.52. The number of benzene rings is 2. The van der Waals surface area contributed by atoms with E-state index < -0.39 is 23.1 Å². The number of nitrogens with zero attached hydrogens (tertiary/aromatic N) is 4. The Balaban J connectivity index is 0.000000236. The second kappa shape index (κ2) is 19.6. The van der Waals surface area contributed by atoms with Crippen molar-refractivity contribution in [3.05, 3.63) is 68.6 Å². The molecule has 0 spiro atoms. The number of amidine groups is 1. The Morgan fingerprint density at radius 1 is 0.818 bits per heavy atom. The van der Waals surface area contributed by atoms with Crippen molar-refractivity contribution in [2.45, 2.75) is 117 Å². The normalized spacial score (nSPS) is 22.8. The second-order valence-corrected chi connectivity index (χ2v) is 18.1. The Morgan fingerprint density at radius 3 is 1.78 bits per heavy atom. The monoisotopic (exact) mass is 895 g/mol. The van der Waals surface area contributed by atoms with Gasteiger partial charge in [-0.15, -0.1) is 0 Å². The van der Waals surface area contributed by atoms with Crippen LogP contribution >= 0.6 is 31.9 Å². The van der Waals surface area contributed by atoms with Gasteiger partial charge in [0.1, 0.15) is 11.2 Å². The summed E-state index contributed by atoms with van der Waals surface area (Å²) in [5, 5.41) is 16.0. The van der Waals surface area contributed by atoms with Gasteiger partial charge in [-0.05, 0) is 103 Å². The molecule has 306 valence electrons. The van der Waals surface area contributed by atoms with Crippen molar-refractivity contribution in [1.82, 2.24) is 9.80 Å². The first-order valence-electron chi connectivity index (χ1n) is 18.4. The van der Waals surface area contributed by atoms with E-state index in [-0.39, 0.29) is 30.1 Å².